The highest BCUT2D eigenvalue weighted by Crippen LogP contribution is 2.33. The molecule has 1 fully saturated rings. The number of amides is 3. The van der Waals surface area contributed by atoms with Crippen LogP contribution < -0.4 is 20.5 Å². The van der Waals surface area contributed by atoms with E-state index in [4.69, 9.17) is 15.2 Å². The molecule has 2 aliphatic heterocycles. The van der Waals surface area contributed by atoms with Crippen LogP contribution in [0.1, 0.15) is 46.2 Å². The first-order valence-corrected chi connectivity index (χ1v) is 9.81. The maximum absolute atomic E-state index is 13.0. The van der Waals surface area contributed by atoms with Crippen molar-refractivity contribution in [3.8, 4) is 11.5 Å². The van der Waals surface area contributed by atoms with Crippen molar-refractivity contribution in [2.24, 2.45) is 11.1 Å². The summed E-state index contributed by atoms with van der Waals surface area (Å²) in [6.45, 7) is 9.84. The van der Waals surface area contributed by atoms with Crippen LogP contribution in [0.5, 0.6) is 11.5 Å². The molecule has 3 rings (SSSR count). The smallest absolute Gasteiger partial charge is 0.421 e. The predicted molar refractivity (Wildman–Crippen MR) is 104 cm³/mol. The Balaban J connectivity index is 1.68. The molecular weight excluding hydrogens is 360 g/mol. The maximum atomic E-state index is 13.0. The Morgan fingerprint density at radius 3 is 2.61 bits per heavy atom. The van der Waals surface area contributed by atoms with E-state index >= 15 is 0 Å². The van der Waals surface area contributed by atoms with Gasteiger partial charge in [0.1, 0.15) is 25.8 Å². The third kappa shape index (κ3) is 4.12. The van der Waals surface area contributed by atoms with Gasteiger partial charge in [-0.15, -0.1) is 0 Å². The van der Waals surface area contributed by atoms with E-state index in [9.17, 15) is 9.59 Å². The number of nitrogens with zero attached hydrogens (tertiary/aromatic N) is 2. The summed E-state index contributed by atoms with van der Waals surface area (Å²) in [7, 11) is 0. The molecule has 154 valence electrons. The number of nitrogens with one attached hydrogen (secondary N) is 1. The van der Waals surface area contributed by atoms with E-state index in [1.807, 2.05) is 33.8 Å². The number of rotatable bonds is 4. The summed E-state index contributed by atoms with van der Waals surface area (Å²) < 4.78 is 10.8. The Hall–Kier alpha value is -2.19. The number of hydrogen-bond donors (Lipinski definition) is 2. The zero-order valence-electron chi connectivity index (χ0n) is 17.2. The molecule has 3 N–H and O–H groups in total. The maximum Gasteiger partial charge on any atom is 0.421 e. The van der Waals surface area contributed by atoms with Crippen LogP contribution in [0.4, 0.5) is 4.79 Å². The van der Waals surface area contributed by atoms with Crippen molar-refractivity contribution in [2.45, 2.75) is 59.2 Å². The summed E-state index contributed by atoms with van der Waals surface area (Å²) in [5.74, 6) is 1.25. The van der Waals surface area contributed by atoms with Crippen LogP contribution in [0.2, 0.25) is 0 Å². The third-order valence-corrected chi connectivity index (χ3v) is 5.46. The van der Waals surface area contributed by atoms with Crippen LogP contribution in [-0.2, 0) is 11.3 Å². The van der Waals surface area contributed by atoms with Gasteiger partial charge >= 0.3 is 11.9 Å². The Labute approximate surface area is 166 Å². The zero-order valence-corrected chi connectivity index (χ0v) is 17.2. The predicted octanol–water partition coefficient (Wildman–Crippen LogP) is 1.96. The molecule has 1 saturated heterocycles. The molecule has 2 aliphatic rings. The summed E-state index contributed by atoms with van der Waals surface area (Å²) in [5, 5.41) is 3.43. The van der Waals surface area contributed by atoms with Crippen LogP contribution in [-0.4, -0.2) is 53.2 Å². The van der Waals surface area contributed by atoms with Gasteiger partial charge in [0, 0.05) is 19.0 Å². The van der Waals surface area contributed by atoms with Gasteiger partial charge in [-0.05, 0) is 12.3 Å². The molecule has 3 heterocycles. The average molecular weight is 391 g/mol. The number of pyridine rings is 1. The Kier molecular flexibility index (Phi) is 5.63. The molecule has 8 heteroatoms. The van der Waals surface area contributed by atoms with Crippen LogP contribution >= 0.6 is 0 Å². The summed E-state index contributed by atoms with van der Waals surface area (Å²) in [4.78, 5) is 29.8. The molecule has 8 nitrogen and oxygen atoms in total. The summed E-state index contributed by atoms with van der Waals surface area (Å²) in [6, 6.07) is 1.14. The monoisotopic (exact) mass is 391 g/mol. The van der Waals surface area contributed by atoms with Crippen LogP contribution in [0.25, 0.3) is 0 Å². The molecule has 0 aromatic carbocycles. The Morgan fingerprint density at radius 1 is 1.29 bits per heavy atom. The summed E-state index contributed by atoms with van der Waals surface area (Å²) in [6.07, 6.45) is 2.68. The van der Waals surface area contributed by atoms with E-state index in [0.29, 0.717) is 50.6 Å². The minimum absolute atomic E-state index is 0.00131. The fourth-order valence-corrected chi connectivity index (χ4v) is 4.05. The van der Waals surface area contributed by atoms with Gasteiger partial charge in [0.2, 0.25) is 0 Å². The second kappa shape index (κ2) is 7.67. The van der Waals surface area contributed by atoms with Crippen molar-refractivity contribution in [2.75, 3.05) is 19.8 Å². The number of imide groups is 1. The number of likely N-dealkylation sites (tertiary alicyclic amines) is 1. The molecule has 3 amide bonds. The zero-order chi connectivity index (χ0) is 20.5. The SMILES string of the molecule is CC1C[C@@H](NCc2cc3c(cn2)OCCO3)C[N+]1(C(N)=O)C(=O)CC(C)(C)C. The van der Waals surface area contributed by atoms with Crippen molar-refractivity contribution >= 4 is 11.9 Å². The van der Waals surface area contributed by atoms with Crippen molar-refractivity contribution in [1.29, 1.82) is 0 Å². The van der Waals surface area contributed by atoms with Crippen molar-refractivity contribution in [1.82, 2.24) is 10.3 Å². The fourth-order valence-electron chi connectivity index (χ4n) is 4.05. The molecule has 0 spiro atoms. The number of nitrogens with two attached hydrogens (primary N) is 1. The quantitative estimate of drug-likeness (QED) is 0.761. The molecule has 28 heavy (non-hydrogen) atoms. The van der Waals surface area contributed by atoms with Crippen molar-refractivity contribution in [3.05, 3.63) is 18.0 Å². The molecule has 0 aliphatic carbocycles. The molecule has 0 bridgehead atoms. The lowest BCUT2D eigenvalue weighted by atomic mass is 9.91. The number of quaternary nitrogens is 1. The number of fused-ring (bicyclic) bond motifs is 1. The lowest BCUT2D eigenvalue weighted by Gasteiger charge is -2.33. The van der Waals surface area contributed by atoms with Crippen LogP contribution in [0.15, 0.2) is 12.3 Å². The van der Waals surface area contributed by atoms with Crippen molar-refractivity contribution in [3.63, 3.8) is 0 Å². The average Bonchev–Trinajstić information content (AvgIpc) is 2.96. The van der Waals surface area contributed by atoms with Gasteiger partial charge in [-0.25, -0.2) is 9.59 Å². The normalized spacial score (nSPS) is 26.9. The lowest BCUT2D eigenvalue weighted by molar-refractivity contribution is -0.784. The molecule has 1 aromatic rings. The van der Waals surface area contributed by atoms with E-state index < -0.39 is 6.03 Å². The Bertz CT molecular complexity index is 761. The number of urea groups is 1. The van der Waals surface area contributed by atoms with Gasteiger partial charge in [-0.1, -0.05) is 20.8 Å². The van der Waals surface area contributed by atoms with E-state index in [1.165, 1.54) is 0 Å². The number of aromatic nitrogens is 1. The first kappa shape index (κ1) is 20.5. The van der Waals surface area contributed by atoms with E-state index in [2.05, 4.69) is 10.3 Å². The second-order valence-corrected chi connectivity index (χ2v) is 9.00. The summed E-state index contributed by atoms with van der Waals surface area (Å²) >= 11 is 0. The molecule has 0 saturated carbocycles. The molecular formula is C20H31N4O4+. The van der Waals surface area contributed by atoms with E-state index in [0.717, 1.165) is 5.69 Å². The number of carbonyl (C=O) groups is 2. The molecule has 2 unspecified atom stereocenters. The second-order valence-electron chi connectivity index (χ2n) is 9.00. The van der Waals surface area contributed by atoms with Gasteiger partial charge in [-0.2, -0.15) is 4.48 Å². The highest BCUT2D eigenvalue weighted by Gasteiger charge is 2.55. The molecule has 3 atom stereocenters. The topological polar surface area (TPSA) is 104 Å². The first-order valence-electron chi connectivity index (χ1n) is 9.81. The standard InChI is InChI=1S/C20H30N4O4/c1-13-7-15(12-24(13,19(21)26)18(25)9-20(2,3)4)22-10-14-8-16-17(11-23-14)28-6-5-27-16/h8,11,13,15,22H,5-7,9-10,12H2,1-4H3,(H-,21,26)/p+1/t13?,15-,24?/m1/s1. The minimum Gasteiger partial charge on any atom is -0.486 e. The van der Waals surface area contributed by atoms with Crippen molar-refractivity contribution < 1.29 is 23.5 Å². The number of ether oxygens (including phenoxy) is 2. The largest absolute Gasteiger partial charge is 0.486 e. The lowest BCUT2D eigenvalue weighted by Crippen LogP contribution is -2.62. The van der Waals surface area contributed by atoms with Gasteiger partial charge in [0.15, 0.2) is 11.5 Å². The van der Waals surface area contributed by atoms with Crippen LogP contribution in [0.3, 0.4) is 0 Å². The Morgan fingerprint density at radius 2 is 1.96 bits per heavy atom. The summed E-state index contributed by atoms with van der Waals surface area (Å²) in [5.41, 5.74) is 6.36. The third-order valence-electron chi connectivity index (χ3n) is 5.46. The minimum atomic E-state index is -0.566. The number of carbonyl (C=O) groups excluding carboxylic acids is 2. The highest BCUT2D eigenvalue weighted by atomic mass is 16.6. The highest BCUT2D eigenvalue weighted by molar-refractivity contribution is 5.83. The van der Waals surface area contributed by atoms with E-state index in [-0.39, 0.29) is 27.9 Å². The molecule has 0 radical (unpaired) electrons. The molecule has 1 aromatic heterocycles. The van der Waals surface area contributed by atoms with Gasteiger partial charge in [-0.3, -0.25) is 4.98 Å². The van der Waals surface area contributed by atoms with Gasteiger partial charge in [0.05, 0.1) is 24.4 Å². The van der Waals surface area contributed by atoms with Gasteiger partial charge in [0.25, 0.3) is 0 Å². The fraction of sp³-hybridized carbons (Fsp3) is 0.650. The van der Waals surface area contributed by atoms with Crippen LogP contribution in [0, 0.1) is 5.41 Å². The number of hydrogen-bond acceptors (Lipinski definition) is 6. The first-order chi connectivity index (χ1) is 13.1. The number of primary amides is 1. The van der Waals surface area contributed by atoms with Gasteiger partial charge < -0.3 is 20.5 Å². The van der Waals surface area contributed by atoms with E-state index in [1.54, 1.807) is 6.20 Å².